The Morgan fingerprint density at radius 2 is 1.55 bits per heavy atom. The number of rotatable bonds is 13. The van der Waals surface area contributed by atoms with Crippen molar-refractivity contribution in [3.63, 3.8) is 0 Å². The minimum absolute atomic E-state index is 0.106. The van der Waals surface area contributed by atoms with E-state index in [9.17, 15) is 24.4 Å². The molecule has 0 aliphatic carbocycles. The number of nitrogens with one attached hydrogen (secondary N) is 2. The second-order valence-electron chi connectivity index (χ2n) is 12.5. The van der Waals surface area contributed by atoms with Gasteiger partial charge < -0.3 is 48.9 Å². The van der Waals surface area contributed by atoms with E-state index < -0.39 is 62.3 Å². The molecule has 6 N–H and O–H groups in total. The second-order valence-corrected chi connectivity index (χ2v) is 14.4. The number of nitrogens with zero attached hydrogens (tertiary/aromatic N) is 4. The van der Waals surface area contributed by atoms with Crippen molar-refractivity contribution in [2.24, 2.45) is 0 Å². The maximum absolute atomic E-state index is 14.3. The number of nitrogens with two attached hydrogens (primary N) is 1. The van der Waals surface area contributed by atoms with Crippen LogP contribution in [0.15, 0.2) is 0 Å². The molecule has 3 fully saturated rings. The minimum atomic E-state index is -4.31. The minimum Gasteiger partial charge on any atom is -0.479 e. The van der Waals surface area contributed by atoms with Gasteiger partial charge >= 0.3 is 19.6 Å². The number of carbonyl (C=O) groups excluding carboxylic acids is 2. The highest BCUT2D eigenvalue weighted by atomic mass is 31.2. The van der Waals surface area contributed by atoms with E-state index in [1.54, 1.807) is 6.92 Å². The van der Waals surface area contributed by atoms with Gasteiger partial charge in [-0.1, -0.05) is 0 Å². The molecule has 274 valence electrons. The van der Waals surface area contributed by atoms with Gasteiger partial charge in [0.05, 0.1) is 40.1 Å². The average Bonchev–Trinajstić information content (AvgIpc) is 3.50. The summed E-state index contributed by atoms with van der Waals surface area (Å²) >= 11 is 0. The van der Waals surface area contributed by atoms with Gasteiger partial charge in [-0.05, 0) is 27.7 Å². The van der Waals surface area contributed by atoms with Gasteiger partial charge in [0.2, 0.25) is 11.8 Å². The van der Waals surface area contributed by atoms with Gasteiger partial charge in [-0.2, -0.15) is 9.97 Å². The van der Waals surface area contributed by atoms with E-state index >= 15 is 0 Å². The van der Waals surface area contributed by atoms with Crippen LogP contribution in [0, 0.1) is 6.92 Å². The van der Waals surface area contributed by atoms with E-state index in [0.717, 1.165) is 0 Å². The Labute approximate surface area is 283 Å². The van der Waals surface area contributed by atoms with Crippen molar-refractivity contribution in [2.75, 3.05) is 45.9 Å². The molecule has 0 aromatic carbocycles. The molecule has 0 saturated carbocycles. The summed E-state index contributed by atoms with van der Waals surface area (Å²) in [6.45, 7) is 7.13. The standard InChI is InChI=1S/C29H46N7O12P/c1-15(25(38)46-18-6-10-43-11-7-18)34-49(41,35-16(2)26(39)47-19-8-12-44-13-9-19)45-14-20-22(37)29(4,40)27(48-20)36-17(3)31-21-23(36)32-28(30)33-24(21)42-5/h15-16,18-20,22,27,37,40H,6-14H2,1-5H3,(H2,30,32,33)(H2,34,35,41). The predicted octanol–water partition coefficient (Wildman–Crippen LogP) is 0.260. The van der Waals surface area contributed by atoms with Crippen molar-refractivity contribution in [1.82, 2.24) is 29.7 Å². The van der Waals surface area contributed by atoms with Crippen LogP contribution in [0.2, 0.25) is 0 Å². The van der Waals surface area contributed by atoms with Crippen molar-refractivity contribution in [2.45, 2.75) is 102 Å². The highest BCUT2D eigenvalue weighted by Gasteiger charge is 2.54. The van der Waals surface area contributed by atoms with Gasteiger partial charge in [-0.25, -0.2) is 15.2 Å². The molecule has 5 heterocycles. The number of aliphatic hydroxyl groups excluding tert-OH is 1. The Morgan fingerprint density at radius 3 is 2.06 bits per heavy atom. The average molecular weight is 716 g/mol. The quantitative estimate of drug-likeness (QED) is 0.138. The molecular weight excluding hydrogens is 669 g/mol. The third-order valence-electron chi connectivity index (χ3n) is 8.64. The number of imidazole rings is 1. The second kappa shape index (κ2) is 15.5. The monoisotopic (exact) mass is 715 g/mol. The van der Waals surface area contributed by atoms with E-state index in [1.165, 1.54) is 32.4 Å². The van der Waals surface area contributed by atoms with Crippen molar-refractivity contribution >= 4 is 36.7 Å². The van der Waals surface area contributed by atoms with Crippen molar-refractivity contribution < 1.29 is 57.3 Å². The van der Waals surface area contributed by atoms with E-state index in [1.807, 2.05) is 0 Å². The summed E-state index contributed by atoms with van der Waals surface area (Å²) in [5.74, 6) is -1.04. The number of esters is 2. The van der Waals surface area contributed by atoms with Crippen LogP contribution in [0.3, 0.4) is 0 Å². The number of aryl methyl sites for hydroxylation is 1. The van der Waals surface area contributed by atoms with Crippen LogP contribution in [0.25, 0.3) is 11.2 Å². The summed E-state index contributed by atoms with van der Waals surface area (Å²) in [5.41, 5.74) is 4.38. The lowest BCUT2D eigenvalue weighted by Crippen LogP contribution is -2.46. The zero-order valence-corrected chi connectivity index (χ0v) is 29.1. The van der Waals surface area contributed by atoms with E-state index in [2.05, 4.69) is 25.1 Å². The molecule has 2 aromatic heterocycles. The lowest BCUT2D eigenvalue weighted by atomic mass is 9.96. The Morgan fingerprint density at radius 1 is 1.02 bits per heavy atom. The number of aliphatic hydroxyl groups is 2. The topological polar surface area (TPSA) is 250 Å². The first kappa shape index (κ1) is 37.3. The smallest absolute Gasteiger partial charge is 0.342 e. The van der Waals surface area contributed by atoms with Crippen LogP contribution >= 0.6 is 7.67 Å². The maximum atomic E-state index is 14.3. The Kier molecular flexibility index (Phi) is 11.8. The summed E-state index contributed by atoms with van der Waals surface area (Å²) in [6.07, 6.45) is -2.73. The van der Waals surface area contributed by atoms with E-state index in [4.69, 9.17) is 38.7 Å². The molecule has 3 saturated heterocycles. The first-order chi connectivity index (χ1) is 23.2. The molecule has 3 aliphatic rings. The number of carbonyl (C=O) groups is 2. The van der Waals surface area contributed by atoms with Crippen LogP contribution in [-0.2, 0) is 42.4 Å². The number of fused-ring (bicyclic) bond motifs is 1. The molecule has 0 spiro atoms. The number of nitrogen functional groups attached to an aromatic ring is 1. The molecule has 49 heavy (non-hydrogen) atoms. The fourth-order valence-electron chi connectivity index (χ4n) is 5.88. The molecule has 3 aliphatic heterocycles. The molecule has 0 bridgehead atoms. The fourth-order valence-corrected chi connectivity index (χ4v) is 7.69. The number of hydrogen-bond donors (Lipinski definition) is 5. The van der Waals surface area contributed by atoms with Crippen LogP contribution in [-0.4, -0.2) is 124 Å². The molecular formula is C29H46N7O12P. The van der Waals surface area contributed by atoms with Crippen LogP contribution in [0.1, 0.15) is 58.5 Å². The van der Waals surface area contributed by atoms with Gasteiger partial charge in [-0.3, -0.25) is 18.7 Å². The summed E-state index contributed by atoms with van der Waals surface area (Å²) in [4.78, 5) is 38.7. The normalized spacial score (nSPS) is 27.8. The lowest BCUT2D eigenvalue weighted by Gasteiger charge is -2.29. The molecule has 0 radical (unpaired) electrons. The van der Waals surface area contributed by atoms with Gasteiger partial charge in [-0.15, -0.1) is 0 Å². The zero-order chi connectivity index (χ0) is 35.5. The molecule has 0 amide bonds. The SMILES string of the molecule is COc1nc(N)nc2c1nc(C)n2C1OC(COP(=O)(NC(C)C(=O)OC2CCOCC2)NC(C)C(=O)OC2CCOCC2)C(O)C1(C)O. The molecule has 6 atom stereocenters. The highest BCUT2D eigenvalue weighted by Crippen LogP contribution is 2.45. The largest absolute Gasteiger partial charge is 0.479 e. The molecule has 2 aromatic rings. The number of aromatic nitrogens is 4. The Hall–Kier alpha value is -3.00. The van der Waals surface area contributed by atoms with E-state index in [-0.39, 0.29) is 35.2 Å². The third-order valence-corrected chi connectivity index (χ3v) is 10.6. The first-order valence-corrected chi connectivity index (χ1v) is 17.8. The van der Waals surface area contributed by atoms with Gasteiger partial charge in [0.25, 0.3) is 0 Å². The Balaban J connectivity index is 1.33. The van der Waals surface area contributed by atoms with Crippen molar-refractivity contribution in [3.8, 4) is 5.88 Å². The van der Waals surface area contributed by atoms with Gasteiger partial charge in [0.15, 0.2) is 17.4 Å². The van der Waals surface area contributed by atoms with Crippen molar-refractivity contribution in [1.29, 1.82) is 0 Å². The summed E-state index contributed by atoms with van der Waals surface area (Å²) in [7, 11) is -2.91. The molecule has 20 heteroatoms. The number of methoxy groups -OCH3 is 1. The summed E-state index contributed by atoms with van der Waals surface area (Å²) < 4.78 is 54.8. The molecule has 19 nitrogen and oxygen atoms in total. The van der Waals surface area contributed by atoms with Crippen LogP contribution < -0.4 is 20.6 Å². The summed E-state index contributed by atoms with van der Waals surface area (Å²) in [6, 6.07) is -2.30. The van der Waals surface area contributed by atoms with Crippen LogP contribution in [0.5, 0.6) is 5.88 Å². The van der Waals surface area contributed by atoms with Crippen molar-refractivity contribution in [3.05, 3.63) is 5.82 Å². The first-order valence-electron chi connectivity index (χ1n) is 16.2. The number of ether oxygens (including phenoxy) is 6. The summed E-state index contributed by atoms with van der Waals surface area (Å²) in [5, 5.41) is 28.0. The molecule has 6 unspecified atom stereocenters. The van der Waals surface area contributed by atoms with E-state index in [0.29, 0.717) is 57.9 Å². The number of anilines is 1. The van der Waals surface area contributed by atoms with Gasteiger partial charge in [0.1, 0.15) is 47.9 Å². The Bertz CT molecular complexity index is 1490. The highest BCUT2D eigenvalue weighted by molar-refractivity contribution is 7.54. The number of hydrogen-bond acceptors (Lipinski definition) is 16. The lowest BCUT2D eigenvalue weighted by molar-refractivity contribution is -0.155. The fraction of sp³-hybridized carbons (Fsp3) is 0.759. The predicted molar refractivity (Wildman–Crippen MR) is 170 cm³/mol. The van der Waals surface area contributed by atoms with Crippen LogP contribution in [0.4, 0.5) is 5.95 Å². The zero-order valence-electron chi connectivity index (χ0n) is 28.2. The molecule has 5 rings (SSSR count). The maximum Gasteiger partial charge on any atom is 0.342 e. The van der Waals surface area contributed by atoms with Gasteiger partial charge in [0, 0.05) is 25.7 Å². The third kappa shape index (κ3) is 8.49.